The first kappa shape index (κ1) is 14.1. The number of aliphatic hydroxyl groups is 1. The number of benzene rings is 1. The SMILES string of the molecule is CCc1ccsc1C(O)Cc1ccc(Br)cc1Cl. The summed E-state index contributed by atoms with van der Waals surface area (Å²) in [6.45, 7) is 2.10. The molecule has 2 aromatic rings. The van der Waals surface area contributed by atoms with Crippen LogP contribution in [0.15, 0.2) is 34.1 Å². The van der Waals surface area contributed by atoms with Crippen LogP contribution in [-0.2, 0) is 12.8 Å². The highest BCUT2D eigenvalue weighted by Crippen LogP contribution is 2.30. The Balaban J connectivity index is 2.18. The Bertz CT molecular complexity index is 538. The summed E-state index contributed by atoms with van der Waals surface area (Å²) in [6, 6.07) is 7.84. The maximum Gasteiger partial charge on any atom is 0.0925 e. The van der Waals surface area contributed by atoms with Crippen molar-refractivity contribution in [1.29, 1.82) is 0 Å². The van der Waals surface area contributed by atoms with E-state index in [4.69, 9.17) is 11.6 Å². The number of thiophene rings is 1. The summed E-state index contributed by atoms with van der Waals surface area (Å²) >= 11 is 11.2. The zero-order valence-corrected chi connectivity index (χ0v) is 13.1. The zero-order valence-electron chi connectivity index (χ0n) is 9.99. The third-order valence-electron chi connectivity index (χ3n) is 2.89. The summed E-state index contributed by atoms with van der Waals surface area (Å²) in [5.41, 5.74) is 2.20. The van der Waals surface area contributed by atoms with Crippen molar-refractivity contribution >= 4 is 38.9 Å². The van der Waals surface area contributed by atoms with Gasteiger partial charge in [0.2, 0.25) is 0 Å². The lowest BCUT2D eigenvalue weighted by molar-refractivity contribution is 0.181. The highest BCUT2D eigenvalue weighted by atomic mass is 79.9. The Morgan fingerprint density at radius 2 is 2.11 bits per heavy atom. The third-order valence-corrected chi connectivity index (χ3v) is 4.80. The molecular formula is C14H14BrClOS. The standard InChI is InChI=1S/C14H14BrClOS/c1-2-9-5-6-18-14(9)13(17)7-10-3-4-11(15)8-12(10)16/h3-6,8,13,17H,2,7H2,1H3. The highest BCUT2D eigenvalue weighted by Gasteiger charge is 2.15. The first-order valence-corrected chi connectivity index (χ1v) is 7.85. The lowest BCUT2D eigenvalue weighted by atomic mass is 10.0. The van der Waals surface area contributed by atoms with E-state index < -0.39 is 6.10 Å². The van der Waals surface area contributed by atoms with Crippen molar-refractivity contribution in [2.45, 2.75) is 25.9 Å². The van der Waals surface area contributed by atoms with Crippen molar-refractivity contribution < 1.29 is 5.11 Å². The molecule has 0 spiro atoms. The Morgan fingerprint density at radius 3 is 2.78 bits per heavy atom. The molecule has 2 rings (SSSR count). The molecule has 0 bridgehead atoms. The van der Waals surface area contributed by atoms with E-state index in [-0.39, 0.29) is 0 Å². The second-order valence-corrected chi connectivity index (χ2v) is 6.39. The fourth-order valence-electron chi connectivity index (χ4n) is 1.92. The number of hydrogen-bond acceptors (Lipinski definition) is 2. The van der Waals surface area contributed by atoms with E-state index in [1.165, 1.54) is 5.56 Å². The number of hydrogen-bond donors (Lipinski definition) is 1. The second kappa shape index (κ2) is 6.20. The molecule has 1 nitrogen and oxygen atoms in total. The average molecular weight is 346 g/mol. The fraction of sp³-hybridized carbons (Fsp3) is 0.286. The monoisotopic (exact) mass is 344 g/mol. The van der Waals surface area contributed by atoms with Gasteiger partial charge in [0.25, 0.3) is 0 Å². The van der Waals surface area contributed by atoms with Crippen LogP contribution in [0, 0.1) is 0 Å². The van der Waals surface area contributed by atoms with Crippen LogP contribution in [0.1, 0.15) is 29.0 Å². The largest absolute Gasteiger partial charge is 0.387 e. The number of aryl methyl sites for hydroxylation is 1. The summed E-state index contributed by atoms with van der Waals surface area (Å²) in [5.74, 6) is 0. The molecule has 0 aliphatic rings. The molecule has 0 saturated carbocycles. The Hall–Kier alpha value is -0.350. The van der Waals surface area contributed by atoms with Crippen LogP contribution in [0.25, 0.3) is 0 Å². The molecule has 1 aromatic carbocycles. The van der Waals surface area contributed by atoms with Gasteiger partial charge in [0.05, 0.1) is 6.10 Å². The lowest BCUT2D eigenvalue weighted by Gasteiger charge is -2.12. The van der Waals surface area contributed by atoms with E-state index in [0.29, 0.717) is 11.4 Å². The molecule has 4 heteroatoms. The Kier molecular flexibility index (Phi) is 4.84. The number of rotatable bonds is 4. The fourth-order valence-corrected chi connectivity index (χ4v) is 3.65. The van der Waals surface area contributed by atoms with E-state index in [1.54, 1.807) is 11.3 Å². The van der Waals surface area contributed by atoms with Gasteiger partial charge in [0.15, 0.2) is 0 Å². The van der Waals surface area contributed by atoms with Crippen molar-refractivity contribution in [3.63, 3.8) is 0 Å². The summed E-state index contributed by atoms with van der Waals surface area (Å²) < 4.78 is 0.955. The molecule has 0 amide bonds. The minimum Gasteiger partial charge on any atom is -0.387 e. The predicted molar refractivity (Wildman–Crippen MR) is 81.5 cm³/mol. The molecule has 0 fully saturated rings. The van der Waals surface area contributed by atoms with Gasteiger partial charge in [-0.1, -0.05) is 40.5 Å². The number of halogens is 2. The van der Waals surface area contributed by atoms with Gasteiger partial charge < -0.3 is 5.11 Å². The van der Waals surface area contributed by atoms with Gasteiger partial charge >= 0.3 is 0 Å². The maximum atomic E-state index is 10.3. The van der Waals surface area contributed by atoms with Crippen molar-refractivity contribution in [1.82, 2.24) is 0 Å². The highest BCUT2D eigenvalue weighted by molar-refractivity contribution is 9.10. The van der Waals surface area contributed by atoms with E-state index in [0.717, 1.165) is 21.3 Å². The van der Waals surface area contributed by atoms with Crippen molar-refractivity contribution in [2.24, 2.45) is 0 Å². The molecule has 96 valence electrons. The quantitative estimate of drug-likeness (QED) is 0.826. The van der Waals surface area contributed by atoms with Crippen LogP contribution in [0.5, 0.6) is 0 Å². The first-order valence-electron chi connectivity index (χ1n) is 5.80. The topological polar surface area (TPSA) is 20.2 Å². The van der Waals surface area contributed by atoms with E-state index in [2.05, 4.69) is 28.9 Å². The molecule has 1 N–H and O–H groups in total. The van der Waals surface area contributed by atoms with Gasteiger partial charge in [-0.3, -0.25) is 0 Å². The van der Waals surface area contributed by atoms with Gasteiger partial charge in [-0.25, -0.2) is 0 Å². The Morgan fingerprint density at radius 1 is 1.33 bits per heavy atom. The molecule has 1 atom stereocenters. The van der Waals surface area contributed by atoms with Crippen LogP contribution >= 0.6 is 38.9 Å². The molecule has 18 heavy (non-hydrogen) atoms. The van der Waals surface area contributed by atoms with E-state index >= 15 is 0 Å². The van der Waals surface area contributed by atoms with Crippen molar-refractivity contribution in [3.8, 4) is 0 Å². The molecule has 1 aromatic heterocycles. The normalized spacial score (nSPS) is 12.7. The Labute approximate surface area is 125 Å². The van der Waals surface area contributed by atoms with Gasteiger partial charge in [0, 0.05) is 20.8 Å². The molecule has 0 saturated heterocycles. The van der Waals surface area contributed by atoms with Crippen LogP contribution in [0.3, 0.4) is 0 Å². The van der Waals surface area contributed by atoms with Gasteiger partial charge in [-0.05, 0) is 41.1 Å². The molecule has 0 radical (unpaired) electrons. The third kappa shape index (κ3) is 3.15. The summed E-state index contributed by atoms with van der Waals surface area (Å²) in [7, 11) is 0. The minimum atomic E-state index is -0.473. The lowest BCUT2D eigenvalue weighted by Crippen LogP contribution is -2.02. The molecule has 1 heterocycles. The predicted octanol–water partition coefficient (Wildman–Crippen LogP) is 5.00. The molecule has 0 aliphatic carbocycles. The second-order valence-electron chi connectivity index (χ2n) is 4.12. The summed E-state index contributed by atoms with van der Waals surface area (Å²) in [5, 5.41) is 13.0. The van der Waals surface area contributed by atoms with Gasteiger partial charge in [-0.15, -0.1) is 11.3 Å². The van der Waals surface area contributed by atoms with Crippen molar-refractivity contribution in [3.05, 3.63) is 55.1 Å². The molecule has 0 aliphatic heterocycles. The minimum absolute atomic E-state index is 0.473. The molecule has 1 unspecified atom stereocenters. The molecular weight excluding hydrogens is 332 g/mol. The van der Waals surface area contributed by atoms with Gasteiger partial charge in [0.1, 0.15) is 0 Å². The van der Waals surface area contributed by atoms with Crippen LogP contribution in [0.2, 0.25) is 5.02 Å². The van der Waals surface area contributed by atoms with Crippen molar-refractivity contribution in [2.75, 3.05) is 0 Å². The summed E-state index contributed by atoms with van der Waals surface area (Å²) in [6.07, 6.45) is 1.03. The van der Waals surface area contributed by atoms with Crippen LogP contribution < -0.4 is 0 Å². The summed E-state index contributed by atoms with van der Waals surface area (Å²) in [4.78, 5) is 1.05. The van der Waals surface area contributed by atoms with Crippen LogP contribution in [-0.4, -0.2) is 5.11 Å². The van der Waals surface area contributed by atoms with E-state index in [9.17, 15) is 5.11 Å². The van der Waals surface area contributed by atoms with E-state index in [1.807, 2.05) is 23.6 Å². The van der Waals surface area contributed by atoms with Crippen LogP contribution in [0.4, 0.5) is 0 Å². The maximum absolute atomic E-state index is 10.3. The zero-order chi connectivity index (χ0) is 13.1. The average Bonchev–Trinajstić information content (AvgIpc) is 2.81. The van der Waals surface area contributed by atoms with Gasteiger partial charge in [-0.2, -0.15) is 0 Å². The first-order chi connectivity index (χ1) is 8.61. The smallest absolute Gasteiger partial charge is 0.0925 e. The number of aliphatic hydroxyl groups excluding tert-OH is 1.